The molecule has 21 heavy (non-hydrogen) atoms. The predicted octanol–water partition coefficient (Wildman–Crippen LogP) is 2.88. The number of carbonyl (C=O) groups is 1. The van der Waals surface area contributed by atoms with Crippen LogP contribution in [0.4, 0.5) is 11.4 Å². The fourth-order valence-corrected chi connectivity index (χ4v) is 2.95. The number of hydrogen-bond acceptors (Lipinski definition) is 4. The van der Waals surface area contributed by atoms with E-state index in [1.165, 1.54) is 24.6 Å². The number of amides is 1. The summed E-state index contributed by atoms with van der Waals surface area (Å²) in [5.74, 6) is 0.218. The molecule has 0 aliphatic heterocycles. The van der Waals surface area contributed by atoms with E-state index in [2.05, 4.69) is 12.2 Å². The number of rotatable bonds is 4. The van der Waals surface area contributed by atoms with E-state index in [1.54, 1.807) is 0 Å². The predicted molar refractivity (Wildman–Crippen MR) is 81.0 cm³/mol. The van der Waals surface area contributed by atoms with Crippen LogP contribution in [0.3, 0.4) is 0 Å². The fraction of sp³-hybridized carbons (Fsp3) is 0.533. The molecule has 1 fully saturated rings. The van der Waals surface area contributed by atoms with Crippen molar-refractivity contribution in [2.75, 3.05) is 5.73 Å². The normalized spacial score (nSPS) is 21.8. The van der Waals surface area contributed by atoms with Crippen molar-refractivity contribution >= 4 is 17.3 Å². The molecule has 1 aromatic carbocycles. The van der Waals surface area contributed by atoms with Crippen molar-refractivity contribution in [3.8, 4) is 0 Å². The molecule has 0 saturated heterocycles. The van der Waals surface area contributed by atoms with E-state index in [-0.39, 0.29) is 17.3 Å². The monoisotopic (exact) mass is 291 g/mol. The van der Waals surface area contributed by atoms with Crippen LogP contribution >= 0.6 is 0 Å². The molecule has 0 heterocycles. The van der Waals surface area contributed by atoms with Gasteiger partial charge in [-0.2, -0.15) is 0 Å². The number of nitrogens with zero attached hydrogens (tertiary/aromatic N) is 1. The first-order chi connectivity index (χ1) is 10.0. The van der Waals surface area contributed by atoms with Crippen LogP contribution in [0.25, 0.3) is 0 Å². The summed E-state index contributed by atoms with van der Waals surface area (Å²) in [5, 5.41) is 13.9. The number of nitro groups is 1. The number of benzene rings is 1. The maximum Gasteiger partial charge on any atom is 0.282 e. The van der Waals surface area contributed by atoms with E-state index in [9.17, 15) is 14.9 Å². The third-order valence-corrected chi connectivity index (χ3v) is 4.16. The molecule has 0 radical (unpaired) electrons. The Bertz CT molecular complexity index is 545. The fourth-order valence-electron chi connectivity index (χ4n) is 2.95. The van der Waals surface area contributed by atoms with E-state index in [1.807, 2.05) is 0 Å². The molecule has 6 heteroatoms. The van der Waals surface area contributed by atoms with Crippen molar-refractivity contribution in [2.45, 2.75) is 45.1 Å². The Morgan fingerprint density at radius 3 is 2.90 bits per heavy atom. The van der Waals surface area contributed by atoms with Gasteiger partial charge in [0.15, 0.2) is 0 Å². The number of nitrogens with two attached hydrogens (primary N) is 1. The molecule has 1 amide bonds. The van der Waals surface area contributed by atoms with Gasteiger partial charge >= 0.3 is 0 Å². The highest BCUT2D eigenvalue weighted by Gasteiger charge is 2.26. The largest absolute Gasteiger partial charge is 0.399 e. The van der Waals surface area contributed by atoms with Gasteiger partial charge in [0.25, 0.3) is 11.6 Å². The molecular weight excluding hydrogens is 270 g/mol. The molecule has 1 saturated carbocycles. The third kappa shape index (κ3) is 3.71. The Morgan fingerprint density at radius 1 is 1.48 bits per heavy atom. The molecule has 0 aromatic heterocycles. The minimum Gasteiger partial charge on any atom is -0.399 e. The smallest absolute Gasteiger partial charge is 0.282 e. The zero-order chi connectivity index (χ0) is 15.4. The first-order valence-electron chi connectivity index (χ1n) is 7.36. The van der Waals surface area contributed by atoms with Crippen molar-refractivity contribution < 1.29 is 9.72 Å². The molecule has 1 aliphatic carbocycles. The lowest BCUT2D eigenvalue weighted by Gasteiger charge is -2.29. The van der Waals surface area contributed by atoms with Crippen LogP contribution in [-0.2, 0) is 0 Å². The number of carbonyl (C=O) groups excluding carboxylic acids is 1. The summed E-state index contributed by atoms with van der Waals surface area (Å²) < 4.78 is 0. The quantitative estimate of drug-likeness (QED) is 0.506. The lowest BCUT2D eigenvalue weighted by Crippen LogP contribution is -2.38. The zero-order valence-electron chi connectivity index (χ0n) is 12.2. The highest BCUT2D eigenvalue weighted by molar-refractivity contribution is 5.99. The van der Waals surface area contributed by atoms with Gasteiger partial charge in [-0.15, -0.1) is 0 Å². The second kappa shape index (κ2) is 6.56. The molecule has 2 unspecified atom stereocenters. The molecule has 2 atom stereocenters. The second-order valence-electron chi connectivity index (χ2n) is 5.64. The maximum atomic E-state index is 12.3. The summed E-state index contributed by atoms with van der Waals surface area (Å²) in [6.07, 6.45) is 5.26. The molecular formula is C15H21N3O3. The number of nitrogen functional groups attached to an aromatic ring is 1. The second-order valence-corrected chi connectivity index (χ2v) is 5.64. The molecule has 1 aliphatic rings. The molecule has 0 spiro atoms. The average molecular weight is 291 g/mol. The van der Waals surface area contributed by atoms with Gasteiger partial charge in [-0.3, -0.25) is 14.9 Å². The van der Waals surface area contributed by atoms with Crippen LogP contribution in [0, 0.1) is 16.0 Å². The lowest BCUT2D eigenvalue weighted by molar-refractivity contribution is -0.385. The summed E-state index contributed by atoms with van der Waals surface area (Å²) in [5.41, 5.74) is 5.82. The minimum absolute atomic E-state index is 0.0404. The Morgan fingerprint density at radius 2 is 2.24 bits per heavy atom. The molecule has 2 rings (SSSR count). The zero-order valence-corrected chi connectivity index (χ0v) is 12.2. The average Bonchev–Trinajstić information content (AvgIpc) is 2.47. The summed E-state index contributed by atoms with van der Waals surface area (Å²) in [6, 6.07) is 4.17. The van der Waals surface area contributed by atoms with Gasteiger partial charge in [0.05, 0.1) is 4.92 Å². The van der Waals surface area contributed by atoms with Gasteiger partial charge < -0.3 is 11.1 Å². The molecule has 3 N–H and O–H groups in total. The highest BCUT2D eigenvalue weighted by atomic mass is 16.6. The minimum atomic E-state index is -0.552. The van der Waals surface area contributed by atoms with Crippen molar-refractivity contribution in [1.29, 1.82) is 0 Å². The van der Waals surface area contributed by atoms with Crippen LogP contribution in [0.15, 0.2) is 18.2 Å². The lowest BCUT2D eigenvalue weighted by atomic mass is 9.84. The number of anilines is 1. The first-order valence-corrected chi connectivity index (χ1v) is 7.36. The SMILES string of the molecule is CCC1CCCC(NC(=O)c2cc(N)ccc2[N+](=O)[O-])C1. The van der Waals surface area contributed by atoms with Crippen molar-refractivity contribution in [3.63, 3.8) is 0 Å². The summed E-state index contributed by atoms with van der Waals surface area (Å²) in [4.78, 5) is 22.8. The van der Waals surface area contributed by atoms with Crippen molar-refractivity contribution in [3.05, 3.63) is 33.9 Å². The van der Waals surface area contributed by atoms with Crippen molar-refractivity contribution in [2.24, 2.45) is 5.92 Å². The van der Waals surface area contributed by atoms with Crippen LogP contribution in [0.5, 0.6) is 0 Å². The Hall–Kier alpha value is -2.11. The number of nitro benzene ring substituents is 1. The highest BCUT2D eigenvalue weighted by Crippen LogP contribution is 2.27. The molecule has 114 valence electrons. The third-order valence-electron chi connectivity index (χ3n) is 4.16. The van der Waals surface area contributed by atoms with Gasteiger partial charge in [0.2, 0.25) is 0 Å². The van der Waals surface area contributed by atoms with Crippen LogP contribution in [0.2, 0.25) is 0 Å². The molecule has 0 bridgehead atoms. The van der Waals surface area contributed by atoms with E-state index >= 15 is 0 Å². The van der Waals surface area contributed by atoms with Crippen LogP contribution in [0.1, 0.15) is 49.4 Å². The summed E-state index contributed by atoms with van der Waals surface area (Å²) >= 11 is 0. The Balaban J connectivity index is 2.13. The standard InChI is InChI=1S/C15H21N3O3/c1-2-10-4-3-5-12(8-10)17-15(19)13-9-11(16)6-7-14(13)18(20)21/h6-7,9-10,12H,2-5,8,16H2,1H3,(H,17,19). The van der Waals surface area contributed by atoms with E-state index in [0.29, 0.717) is 11.6 Å². The first kappa shape index (κ1) is 15.3. The van der Waals surface area contributed by atoms with E-state index < -0.39 is 10.8 Å². The topological polar surface area (TPSA) is 98.3 Å². The summed E-state index contributed by atoms with van der Waals surface area (Å²) in [6.45, 7) is 2.15. The van der Waals surface area contributed by atoms with Crippen LogP contribution in [-0.4, -0.2) is 16.9 Å². The maximum absolute atomic E-state index is 12.3. The van der Waals surface area contributed by atoms with Crippen LogP contribution < -0.4 is 11.1 Å². The number of hydrogen-bond donors (Lipinski definition) is 2. The Labute approximate surface area is 123 Å². The van der Waals surface area contributed by atoms with E-state index in [4.69, 9.17) is 5.73 Å². The van der Waals surface area contributed by atoms with Gasteiger partial charge in [0, 0.05) is 17.8 Å². The summed E-state index contributed by atoms with van der Waals surface area (Å²) in [7, 11) is 0. The van der Waals surface area contributed by atoms with E-state index in [0.717, 1.165) is 25.7 Å². The van der Waals surface area contributed by atoms with Gasteiger partial charge in [-0.05, 0) is 30.9 Å². The van der Waals surface area contributed by atoms with Gasteiger partial charge in [-0.1, -0.05) is 26.2 Å². The molecule has 6 nitrogen and oxygen atoms in total. The van der Waals surface area contributed by atoms with Crippen molar-refractivity contribution in [1.82, 2.24) is 5.32 Å². The Kier molecular flexibility index (Phi) is 4.77. The van der Waals surface area contributed by atoms with Gasteiger partial charge in [0.1, 0.15) is 5.56 Å². The molecule has 1 aromatic rings. The number of nitrogens with one attached hydrogen (secondary N) is 1. The van der Waals surface area contributed by atoms with Gasteiger partial charge in [-0.25, -0.2) is 0 Å².